The smallest absolute Gasteiger partial charge is 0.0510 e. The molecule has 0 spiro atoms. The molecule has 1 aromatic carbocycles. The highest BCUT2D eigenvalue weighted by Crippen LogP contribution is 2.31. The molecule has 0 bridgehead atoms. The number of nitrogens with zero attached hydrogens (tertiary/aromatic N) is 1. The van der Waals surface area contributed by atoms with E-state index in [1.54, 1.807) is 0 Å². The number of halogens is 1. The number of hydrogen-bond acceptors (Lipinski definition) is 2. The van der Waals surface area contributed by atoms with E-state index in [9.17, 15) is 0 Å². The summed E-state index contributed by atoms with van der Waals surface area (Å²) in [6.45, 7) is 5.63. The van der Waals surface area contributed by atoms with Gasteiger partial charge >= 0.3 is 0 Å². The molecule has 2 nitrogen and oxygen atoms in total. The molecule has 0 amide bonds. The molecule has 1 aliphatic rings. The van der Waals surface area contributed by atoms with Crippen LogP contribution in [-0.4, -0.2) is 20.1 Å². The lowest BCUT2D eigenvalue weighted by molar-refractivity contribution is 0.378. The topological polar surface area (TPSA) is 15.3 Å². The monoisotopic (exact) mass is 324 g/mol. The third-order valence-corrected chi connectivity index (χ3v) is 4.68. The van der Waals surface area contributed by atoms with E-state index in [-0.39, 0.29) is 0 Å². The summed E-state index contributed by atoms with van der Waals surface area (Å²) in [6.07, 6.45) is 5.42. The van der Waals surface area contributed by atoms with Gasteiger partial charge in [0.2, 0.25) is 0 Å². The third kappa shape index (κ3) is 3.96. The van der Waals surface area contributed by atoms with Crippen molar-refractivity contribution in [3.05, 3.63) is 28.2 Å². The van der Waals surface area contributed by atoms with Crippen molar-refractivity contribution in [2.24, 2.45) is 5.92 Å². The number of nitrogens with one attached hydrogen (secondary N) is 1. The van der Waals surface area contributed by atoms with E-state index >= 15 is 0 Å². The van der Waals surface area contributed by atoms with Crippen LogP contribution in [0.15, 0.2) is 22.7 Å². The van der Waals surface area contributed by atoms with Crippen LogP contribution in [-0.2, 0) is 6.54 Å². The minimum absolute atomic E-state index is 0.928. The number of benzene rings is 1. The summed E-state index contributed by atoms with van der Waals surface area (Å²) in [4.78, 5) is 2.53. The number of rotatable bonds is 5. The van der Waals surface area contributed by atoms with Crippen LogP contribution in [0.5, 0.6) is 0 Å². The molecule has 1 fully saturated rings. The van der Waals surface area contributed by atoms with Gasteiger partial charge in [0.1, 0.15) is 0 Å². The summed E-state index contributed by atoms with van der Waals surface area (Å²) in [7, 11) is 1.99. The van der Waals surface area contributed by atoms with Crippen LogP contribution in [0.25, 0.3) is 0 Å². The minimum Gasteiger partial charge on any atom is -0.371 e. The highest BCUT2D eigenvalue weighted by atomic mass is 79.9. The van der Waals surface area contributed by atoms with Crippen LogP contribution < -0.4 is 10.2 Å². The van der Waals surface area contributed by atoms with Gasteiger partial charge in [-0.2, -0.15) is 0 Å². The van der Waals surface area contributed by atoms with E-state index < -0.39 is 0 Å². The molecular formula is C16H25BrN2. The van der Waals surface area contributed by atoms with Crippen LogP contribution in [0, 0.1) is 5.92 Å². The van der Waals surface area contributed by atoms with E-state index in [4.69, 9.17) is 0 Å². The first-order chi connectivity index (χ1) is 9.24. The van der Waals surface area contributed by atoms with Crippen molar-refractivity contribution >= 4 is 21.6 Å². The average molecular weight is 325 g/mol. The molecule has 0 unspecified atom stereocenters. The minimum atomic E-state index is 0.928. The van der Waals surface area contributed by atoms with Crippen molar-refractivity contribution in [2.45, 2.75) is 39.2 Å². The van der Waals surface area contributed by atoms with Crippen molar-refractivity contribution in [3.63, 3.8) is 0 Å². The van der Waals surface area contributed by atoms with Crippen LogP contribution >= 0.6 is 15.9 Å². The van der Waals surface area contributed by atoms with Crippen LogP contribution in [0.4, 0.5) is 5.69 Å². The molecule has 106 valence electrons. The first-order valence-electron chi connectivity index (χ1n) is 7.42. The normalized spacial score (nSPS) is 16.9. The molecule has 19 heavy (non-hydrogen) atoms. The summed E-state index contributed by atoms with van der Waals surface area (Å²) < 4.78 is 1.23. The predicted molar refractivity (Wildman–Crippen MR) is 86.8 cm³/mol. The fourth-order valence-electron chi connectivity index (χ4n) is 2.99. The molecule has 2 rings (SSSR count). The maximum absolute atomic E-state index is 3.73. The van der Waals surface area contributed by atoms with Gasteiger partial charge in [-0.05, 0) is 59.4 Å². The summed E-state index contributed by atoms with van der Waals surface area (Å²) in [5.41, 5.74) is 2.69. The van der Waals surface area contributed by atoms with Gasteiger partial charge in [-0.3, -0.25) is 0 Å². The Balaban J connectivity index is 1.99. The molecule has 1 saturated heterocycles. The summed E-state index contributed by atoms with van der Waals surface area (Å²) >= 11 is 3.73. The number of hydrogen-bond donors (Lipinski definition) is 1. The van der Waals surface area contributed by atoms with Gasteiger partial charge in [0.05, 0.1) is 5.69 Å². The Labute approximate surface area is 125 Å². The quantitative estimate of drug-likeness (QED) is 0.873. The molecule has 1 aliphatic heterocycles. The van der Waals surface area contributed by atoms with Gasteiger partial charge in [0, 0.05) is 24.1 Å². The van der Waals surface area contributed by atoms with E-state index in [0.717, 1.165) is 12.5 Å². The highest BCUT2D eigenvalue weighted by Gasteiger charge is 2.20. The molecule has 1 aromatic rings. The Morgan fingerprint density at radius 3 is 2.63 bits per heavy atom. The second kappa shape index (κ2) is 7.30. The molecule has 1 heterocycles. The van der Waals surface area contributed by atoms with Crippen molar-refractivity contribution in [1.29, 1.82) is 0 Å². The van der Waals surface area contributed by atoms with E-state index in [0.29, 0.717) is 0 Å². The molecule has 0 saturated carbocycles. The van der Waals surface area contributed by atoms with Crippen molar-refractivity contribution in [3.8, 4) is 0 Å². The first-order valence-corrected chi connectivity index (χ1v) is 8.22. The molecule has 0 radical (unpaired) electrons. The molecule has 0 atom stereocenters. The predicted octanol–water partition coefficient (Wildman–Crippen LogP) is 4.19. The maximum atomic E-state index is 3.73. The van der Waals surface area contributed by atoms with E-state index in [1.807, 2.05) is 7.05 Å². The lowest BCUT2D eigenvalue weighted by Gasteiger charge is -2.34. The van der Waals surface area contributed by atoms with Crippen molar-refractivity contribution in [1.82, 2.24) is 5.32 Å². The zero-order valence-corrected chi connectivity index (χ0v) is 13.7. The molecular weight excluding hydrogens is 300 g/mol. The molecule has 3 heteroatoms. The van der Waals surface area contributed by atoms with Gasteiger partial charge in [-0.15, -0.1) is 0 Å². The average Bonchev–Trinajstić information content (AvgIpc) is 2.41. The largest absolute Gasteiger partial charge is 0.371 e. The molecule has 0 aliphatic carbocycles. The number of anilines is 1. The van der Waals surface area contributed by atoms with E-state index in [2.05, 4.69) is 51.3 Å². The fourth-order valence-corrected chi connectivity index (χ4v) is 3.67. The van der Waals surface area contributed by atoms with Crippen LogP contribution in [0.2, 0.25) is 0 Å². The number of piperidine rings is 1. The zero-order valence-electron chi connectivity index (χ0n) is 12.1. The SMILES string of the molecule is CCCC1CCN(c2ccc(CNC)cc2Br)CC1. The Morgan fingerprint density at radius 1 is 1.32 bits per heavy atom. The second-order valence-corrected chi connectivity index (χ2v) is 6.39. The lowest BCUT2D eigenvalue weighted by atomic mass is 9.92. The van der Waals surface area contributed by atoms with Crippen molar-refractivity contribution in [2.75, 3.05) is 25.0 Å². The second-order valence-electron chi connectivity index (χ2n) is 5.54. The summed E-state index contributed by atoms with van der Waals surface area (Å²) in [5, 5.41) is 3.20. The third-order valence-electron chi connectivity index (χ3n) is 4.05. The maximum Gasteiger partial charge on any atom is 0.0510 e. The van der Waals surface area contributed by atoms with Crippen molar-refractivity contribution < 1.29 is 0 Å². The summed E-state index contributed by atoms with van der Waals surface area (Å²) in [6, 6.07) is 6.73. The summed E-state index contributed by atoms with van der Waals surface area (Å²) in [5.74, 6) is 0.948. The van der Waals surface area contributed by atoms with E-state index in [1.165, 1.54) is 54.5 Å². The van der Waals surface area contributed by atoms with Crippen LogP contribution in [0.1, 0.15) is 38.2 Å². The van der Waals surface area contributed by atoms with Gasteiger partial charge < -0.3 is 10.2 Å². The lowest BCUT2D eigenvalue weighted by Crippen LogP contribution is -2.33. The molecule has 0 aromatic heterocycles. The fraction of sp³-hybridized carbons (Fsp3) is 0.625. The highest BCUT2D eigenvalue weighted by molar-refractivity contribution is 9.10. The van der Waals surface area contributed by atoms with Crippen LogP contribution in [0.3, 0.4) is 0 Å². The van der Waals surface area contributed by atoms with Gasteiger partial charge in [-0.1, -0.05) is 25.8 Å². The zero-order chi connectivity index (χ0) is 13.7. The molecule has 1 N–H and O–H groups in total. The van der Waals surface area contributed by atoms with Gasteiger partial charge in [0.15, 0.2) is 0 Å². The Hall–Kier alpha value is -0.540. The Bertz CT molecular complexity index is 398. The first kappa shape index (κ1) is 14.9. The Morgan fingerprint density at radius 2 is 2.05 bits per heavy atom. The Kier molecular flexibility index (Phi) is 5.71. The van der Waals surface area contributed by atoms with Gasteiger partial charge in [0.25, 0.3) is 0 Å². The standard InChI is InChI=1S/C16H25BrN2/c1-3-4-13-7-9-19(10-8-13)16-6-5-14(12-18-2)11-15(16)17/h5-6,11,13,18H,3-4,7-10,12H2,1-2H3. The van der Waals surface area contributed by atoms with Gasteiger partial charge in [-0.25, -0.2) is 0 Å².